The number of aliphatic hydroxyl groups is 1. The van der Waals surface area contributed by atoms with E-state index in [9.17, 15) is 40.3 Å². The molecule has 0 radical (unpaired) electrons. The molecule has 5 heterocycles. The number of hydrogen-bond donors (Lipinski definition) is 4. The maximum atomic E-state index is 14.0. The van der Waals surface area contributed by atoms with Gasteiger partial charge in [0.25, 0.3) is 5.91 Å². The van der Waals surface area contributed by atoms with Crippen molar-refractivity contribution in [1.29, 1.82) is 0 Å². The highest BCUT2D eigenvalue weighted by molar-refractivity contribution is 7.92. The van der Waals surface area contributed by atoms with Crippen LogP contribution in [0.1, 0.15) is 46.6 Å². The van der Waals surface area contributed by atoms with E-state index in [1.54, 1.807) is 46.4 Å². The van der Waals surface area contributed by atoms with Crippen molar-refractivity contribution in [1.82, 2.24) is 14.5 Å². The van der Waals surface area contributed by atoms with Crippen LogP contribution in [-0.4, -0.2) is 55.7 Å². The van der Waals surface area contributed by atoms with Crippen molar-refractivity contribution in [2.45, 2.75) is 48.9 Å². The quantitative estimate of drug-likeness (QED) is 0.130. The lowest BCUT2D eigenvalue weighted by molar-refractivity contribution is -0.202. The summed E-state index contributed by atoms with van der Waals surface area (Å²) in [5.41, 5.74) is -0.188. The lowest BCUT2D eigenvalue weighted by atomic mass is 9.88. The number of nitrogens with zero attached hydrogens (tertiary/aromatic N) is 2. The Bertz CT molecular complexity index is 3240. The molecule has 5 aromatic carbocycles. The molecule has 10 rings (SSSR count). The number of sulfonamides is 2. The minimum atomic E-state index is -4.02. The fraction of sp³-hybridized carbons (Fsp3) is 0.220. The second kappa shape index (κ2) is 12.5. The van der Waals surface area contributed by atoms with Crippen LogP contribution in [0.4, 0.5) is 20.2 Å². The number of rotatable bonds is 9. The number of anilines is 2. The molecule has 1 amide bonds. The van der Waals surface area contributed by atoms with Gasteiger partial charge in [0.05, 0.1) is 46.2 Å². The van der Waals surface area contributed by atoms with E-state index in [1.807, 2.05) is 0 Å². The van der Waals surface area contributed by atoms with Gasteiger partial charge in [0.15, 0.2) is 5.72 Å². The summed E-state index contributed by atoms with van der Waals surface area (Å²) >= 11 is 0. The zero-order valence-electron chi connectivity index (χ0n) is 31.2. The van der Waals surface area contributed by atoms with Crippen molar-refractivity contribution in [3.8, 4) is 0 Å². The largest absolute Gasteiger partial charge is 0.467 e. The molecule has 2 bridgehead atoms. The number of carbonyl (C=O) groups is 2. The number of esters is 1. The third-order valence-electron chi connectivity index (χ3n) is 11.6. The molecule has 7 aromatic rings. The molecular formula is C41H33F2N5O9S2. The number of fused-ring (bicyclic) bond motifs is 13. The Morgan fingerprint density at radius 2 is 1.39 bits per heavy atom. The maximum Gasteiger partial charge on any atom is 0.343 e. The van der Waals surface area contributed by atoms with Gasteiger partial charge in [-0.2, -0.15) is 0 Å². The molecule has 4 N–H and O–H groups in total. The van der Waals surface area contributed by atoms with Gasteiger partial charge in [-0.25, -0.2) is 30.4 Å². The predicted octanol–water partition coefficient (Wildman–Crippen LogP) is 5.82. The minimum absolute atomic E-state index is 0.0686. The normalized spacial score (nSPS) is 21.0. The minimum Gasteiger partial charge on any atom is -0.467 e. The average molecular weight is 842 g/mol. The molecule has 3 atom stereocenters. The Labute approximate surface area is 334 Å². The molecular weight excluding hydrogens is 809 g/mol. The van der Waals surface area contributed by atoms with E-state index in [4.69, 9.17) is 9.47 Å². The van der Waals surface area contributed by atoms with Crippen molar-refractivity contribution in [2.75, 3.05) is 16.6 Å². The van der Waals surface area contributed by atoms with E-state index in [0.717, 1.165) is 7.11 Å². The summed E-state index contributed by atoms with van der Waals surface area (Å²) in [5, 5.41) is 17.3. The molecule has 302 valence electrons. The molecule has 18 heteroatoms. The van der Waals surface area contributed by atoms with E-state index >= 15 is 0 Å². The topological polar surface area (TPSA) is 187 Å². The van der Waals surface area contributed by atoms with Gasteiger partial charge < -0.3 is 29.0 Å². The van der Waals surface area contributed by atoms with Crippen molar-refractivity contribution in [3.63, 3.8) is 0 Å². The van der Waals surface area contributed by atoms with Gasteiger partial charge in [-0.3, -0.25) is 14.2 Å². The fourth-order valence-corrected chi connectivity index (χ4v) is 11.5. The lowest BCUT2D eigenvalue weighted by Crippen LogP contribution is -2.56. The molecule has 0 saturated carbocycles. The zero-order valence-corrected chi connectivity index (χ0v) is 32.8. The molecule has 2 aromatic heterocycles. The first-order valence-electron chi connectivity index (χ1n) is 18.4. The number of halogens is 2. The van der Waals surface area contributed by atoms with Gasteiger partial charge in [-0.15, -0.1) is 0 Å². The number of aromatic nitrogens is 2. The standard InChI is InChI=1S/C41H33F2N5O9S2/c1-40-41(51,39(50)56-2)17-32(57-40)47-30-13-11-25(45-58(52,53)19-21-3-7-23(42)8-4-21)15-27(30)34-35-29(18-44-38(35)49)33-28-16-26(12-14-31(28)48(40)37(33)36(34)47)46-59(54,55)20-22-5-9-24(43)10-6-22/h3-16,32,45-46,51H,17-20H2,1-2H3,(H,44,49). The second-order valence-electron chi connectivity index (χ2n) is 15.2. The smallest absolute Gasteiger partial charge is 0.343 e. The molecule has 14 nitrogen and oxygen atoms in total. The van der Waals surface area contributed by atoms with Gasteiger partial charge in [-0.05, 0) is 84.3 Å². The number of carbonyl (C=O) groups excluding carboxylic acids is 2. The number of methoxy groups -OCH3 is 1. The maximum absolute atomic E-state index is 14.0. The molecule has 59 heavy (non-hydrogen) atoms. The molecule has 1 fully saturated rings. The number of hydrogen-bond acceptors (Lipinski definition) is 9. The van der Waals surface area contributed by atoms with Gasteiger partial charge in [0, 0.05) is 45.9 Å². The third-order valence-corrected chi connectivity index (χ3v) is 14.1. The van der Waals surface area contributed by atoms with E-state index in [0.29, 0.717) is 65.9 Å². The van der Waals surface area contributed by atoms with E-state index in [2.05, 4.69) is 14.8 Å². The van der Waals surface area contributed by atoms with Crippen LogP contribution in [0.15, 0.2) is 84.9 Å². The van der Waals surface area contributed by atoms with Gasteiger partial charge in [0.1, 0.15) is 17.9 Å². The van der Waals surface area contributed by atoms with Gasteiger partial charge in [-0.1, -0.05) is 24.3 Å². The summed E-state index contributed by atoms with van der Waals surface area (Å²) in [5.74, 6) is -3.22. The zero-order chi connectivity index (χ0) is 41.4. The summed E-state index contributed by atoms with van der Waals surface area (Å²) in [6, 6.07) is 19.8. The SMILES string of the molecule is COC(=O)C1(O)CC2OC1(C)n1c3ccc(NS(=O)(=O)Cc4ccc(F)cc4)cc3c3c4c(c5c6cc(NS(=O)(=O)Cc7ccc(F)cc7)ccc6n2c5c31)C(=O)NC4. The van der Waals surface area contributed by atoms with Crippen molar-refractivity contribution >= 4 is 86.9 Å². The summed E-state index contributed by atoms with van der Waals surface area (Å²) in [6.45, 7) is 1.65. The van der Waals surface area contributed by atoms with Crippen molar-refractivity contribution < 1.29 is 49.8 Å². The highest BCUT2D eigenvalue weighted by atomic mass is 32.2. The average Bonchev–Trinajstić information content (AvgIpc) is 3.88. The molecule has 1 saturated heterocycles. The number of nitrogens with one attached hydrogen (secondary N) is 3. The third kappa shape index (κ3) is 5.46. The Kier molecular flexibility index (Phi) is 7.86. The lowest BCUT2D eigenvalue weighted by Gasteiger charge is -2.37. The Morgan fingerprint density at radius 3 is 1.95 bits per heavy atom. The Morgan fingerprint density at radius 1 is 0.847 bits per heavy atom. The molecule has 3 aliphatic rings. The van der Waals surface area contributed by atoms with Gasteiger partial charge in [0.2, 0.25) is 25.6 Å². The predicted molar refractivity (Wildman–Crippen MR) is 214 cm³/mol. The van der Waals surface area contributed by atoms with Crippen molar-refractivity contribution in [2.24, 2.45) is 0 Å². The van der Waals surface area contributed by atoms with Crippen LogP contribution in [0, 0.1) is 11.6 Å². The Hall–Kier alpha value is -6.08. The van der Waals surface area contributed by atoms with Crippen LogP contribution < -0.4 is 14.8 Å². The number of ether oxygens (including phenoxy) is 2. The van der Waals surface area contributed by atoms with E-state index < -0.39 is 72.6 Å². The van der Waals surface area contributed by atoms with Crippen LogP contribution in [0.5, 0.6) is 0 Å². The first kappa shape index (κ1) is 37.2. The first-order valence-corrected chi connectivity index (χ1v) is 21.7. The number of amides is 1. The molecule has 3 aliphatic heterocycles. The van der Waals surface area contributed by atoms with Crippen LogP contribution in [-0.2, 0) is 58.1 Å². The Balaban J connectivity index is 1.22. The summed E-state index contributed by atoms with van der Waals surface area (Å²) in [6.07, 6.45) is -1.27. The highest BCUT2D eigenvalue weighted by Crippen LogP contribution is 2.58. The number of benzene rings is 5. The monoisotopic (exact) mass is 841 g/mol. The summed E-state index contributed by atoms with van der Waals surface area (Å²) < 4.78 is 101. The van der Waals surface area contributed by atoms with E-state index in [1.165, 1.54) is 54.6 Å². The summed E-state index contributed by atoms with van der Waals surface area (Å²) in [7, 11) is -6.87. The fourth-order valence-electron chi connectivity index (χ4n) is 9.15. The van der Waals surface area contributed by atoms with Crippen LogP contribution >= 0.6 is 0 Å². The summed E-state index contributed by atoms with van der Waals surface area (Å²) in [4.78, 5) is 27.6. The van der Waals surface area contributed by atoms with Crippen LogP contribution in [0.25, 0.3) is 43.6 Å². The van der Waals surface area contributed by atoms with Crippen LogP contribution in [0.2, 0.25) is 0 Å². The molecule has 0 spiro atoms. The second-order valence-corrected chi connectivity index (χ2v) is 18.7. The highest BCUT2D eigenvalue weighted by Gasteiger charge is 2.66. The first-order chi connectivity index (χ1) is 28.0. The molecule has 3 unspecified atom stereocenters. The van der Waals surface area contributed by atoms with Crippen molar-refractivity contribution in [3.05, 3.63) is 119 Å². The molecule has 0 aliphatic carbocycles. The van der Waals surface area contributed by atoms with E-state index in [-0.39, 0.29) is 24.3 Å². The van der Waals surface area contributed by atoms with Gasteiger partial charge >= 0.3 is 5.97 Å². The van der Waals surface area contributed by atoms with Crippen LogP contribution in [0.3, 0.4) is 0 Å².